The van der Waals surface area contributed by atoms with E-state index in [1.54, 1.807) is 0 Å². The van der Waals surface area contributed by atoms with Crippen LogP contribution in [0.3, 0.4) is 0 Å². The van der Waals surface area contributed by atoms with Gasteiger partial charge in [-0.15, -0.1) is 10.2 Å². The first-order valence-electron chi connectivity index (χ1n) is 6.58. The highest BCUT2D eigenvalue weighted by molar-refractivity contribution is 5.93. The fraction of sp³-hybridized carbons (Fsp3) is 0.692. The van der Waals surface area contributed by atoms with Gasteiger partial charge in [0.2, 0.25) is 11.9 Å². The fourth-order valence-electron chi connectivity index (χ4n) is 1.57. The molecule has 0 radical (unpaired) electrons. The number of aryl methyl sites for hydroxylation is 2. The summed E-state index contributed by atoms with van der Waals surface area (Å²) >= 11 is 0. The van der Waals surface area contributed by atoms with Gasteiger partial charge in [0, 0.05) is 0 Å². The van der Waals surface area contributed by atoms with Crippen LogP contribution in [0.25, 0.3) is 0 Å². The van der Waals surface area contributed by atoms with Crippen LogP contribution in [0.1, 0.15) is 46.0 Å². The number of hydrogen-bond acceptors (Lipinski definition) is 5. The highest BCUT2D eigenvalue weighted by Crippen LogP contribution is 2.18. The topological polar surface area (TPSA) is 93.8 Å². The number of carbonyl (C=O) groups is 1. The van der Waals surface area contributed by atoms with Crippen LogP contribution >= 0.6 is 0 Å². The molecule has 0 saturated heterocycles. The fourth-order valence-corrected chi connectivity index (χ4v) is 1.57. The lowest BCUT2D eigenvalue weighted by Crippen LogP contribution is -2.45. The number of amides is 1. The number of hydrogen-bond donors (Lipinski definition) is 2. The average molecular weight is 265 g/mol. The van der Waals surface area contributed by atoms with E-state index in [0.29, 0.717) is 0 Å². The predicted octanol–water partition coefficient (Wildman–Crippen LogP) is 1.31. The highest BCUT2D eigenvalue weighted by Gasteiger charge is 2.28. The first-order chi connectivity index (χ1) is 8.79. The van der Waals surface area contributed by atoms with Crippen molar-refractivity contribution in [1.29, 1.82) is 0 Å². The van der Waals surface area contributed by atoms with Crippen molar-refractivity contribution in [2.24, 2.45) is 11.1 Å². The van der Waals surface area contributed by atoms with Gasteiger partial charge in [-0.3, -0.25) is 10.1 Å². The summed E-state index contributed by atoms with van der Waals surface area (Å²) in [5.41, 5.74) is 7.29. The summed E-state index contributed by atoms with van der Waals surface area (Å²) < 4.78 is 0. The van der Waals surface area contributed by atoms with E-state index in [1.165, 1.54) is 0 Å². The maximum absolute atomic E-state index is 12.0. The van der Waals surface area contributed by atoms with Gasteiger partial charge in [0.05, 0.1) is 17.4 Å². The lowest BCUT2D eigenvalue weighted by atomic mass is 9.87. The number of carbonyl (C=O) groups excluding carboxylic acids is 1. The van der Waals surface area contributed by atoms with Gasteiger partial charge in [-0.25, -0.2) is 4.98 Å². The minimum absolute atomic E-state index is 0.221. The van der Waals surface area contributed by atoms with Crippen molar-refractivity contribution in [2.45, 2.75) is 53.5 Å². The Kier molecular flexibility index (Phi) is 4.94. The van der Waals surface area contributed by atoms with Crippen LogP contribution in [-0.2, 0) is 17.6 Å². The third-order valence-electron chi connectivity index (χ3n) is 2.96. The molecule has 1 atom stereocenters. The number of nitrogens with zero attached hydrogens (tertiary/aromatic N) is 3. The van der Waals surface area contributed by atoms with Crippen LogP contribution in [0.5, 0.6) is 0 Å². The lowest BCUT2D eigenvalue weighted by molar-refractivity contribution is -0.119. The number of nitrogens with two attached hydrogens (primary N) is 1. The van der Waals surface area contributed by atoms with Crippen LogP contribution in [0, 0.1) is 5.41 Å². The van der Waals surface area contributed by atoms with Crippen LogP contribution < -0.4 is 11.1 Å². The Morgan fingerprint density at radius 3 is 2.26 bits per heavy atom. The quantitative estimate of drug-likeness (QED) is 0.856. The van der Waals surface area contributed by atoms with Crippen molar-refractivity contribution in [3.05, 3.63) is 11.4 Å². The zero-order valence-corrected chi connectivity index (χ0v) is 12.3. The standard InChI is InChI=1S/C13H23N5O/c1-6-8-9(7-2)17-18-12(15-8)16-11(19)10(14)13(3,4)5/h10H,6-7,14H2,1-5H3,(H,15,16,18,19)/t10-/m1/s1. The molecule has 1 amide bonds. The van der Waals surface area contributed by atoms with Crippen molar-refractivity contribution in [2.75, 3.05) is 5.32 Å². The van der Waals surface area contributed by atoms with E-state index in [4.69, 9.17) is 5.73 Å². The highest BCUT2D eigenvalue weighted by atomic mass is 16.2. The first-order valence-corrected chi connectivity index (χ1v) is 6.58. The number of nitrogens with one attached hydrogen (secondary N) is 1. The predicted molar refractivity (Wildman–Crippen MR) is 74.6 cm³/mol. The van der Waals surface area contributed by atoms with Crippen LogP contribution in [0.15, 0.2) is 0 Å². The van der Waals surface area contributed by atoms with Gasteiger partial charge in [-0.05, 0) is 18.3 Å². The second-order valence-electron chi connectivity index (χ2n) is 5.57. The summed E-state index contributed by atoms with van der Waals surface area (Å²) in [7, 11) is 0. The van der Waals surface area contributed by atoms with E-state index >= 15 is 0 Å². The van der Waals surface area contributed by atoms with Crippen LogP contribution in [0.2, 0.25) is 0 Å². The molecule has 0 bridgehead atoms. The van der Waals surface area contributed by atoms with Gasteiger partial charge in [-0.2, -0.15) is 0 Å². The van der Waals surface area contributed by atoms with Crippen molar-refractivity contribution in [3.63, 3.8) is 0 Å². The summed E-state index contributed by atoms with van der Waals surface area (Å²) in [6, 6.07) is -0.618. The Balaban J connectivity index is 2.86. The molecule has 1 aromatic rings. The molecule has 6 heteroatoms. The van der Waals surface area contributed by atoms with Gasteiger partial charge in [0.1, 0.15) is 0 Å². The Hall–Kier alpha value is -1.56. The summed E-state index contributed by atoms with van der Waals surface area (Å²) in [6.07, 6.45) is 1.53. The van der Waals surface area contributed by atoms with Gasteiger partial charge < -0.3 is 5.73 Å². The molecule has 0 fully saturated rings. The second kappa shape index (κ2) is 6.06. The van der Waals surface area contributed by atoms with Crippen LogP contribution in [-0.4, -0.2) is 27.1 Å². The number of aromatic nitrogens is 3. The number of rotatable bonds is 4. The summed E-state index contributed by atoms with van der Waals surface area (Å²) in [6.45, 7) is 9.73. The van der Waals surface area contributed by atoms with Gasteiger partial charge >= 0.3 is 0 Å². The zero-order chi connectivity index (χ0) is 14.6. The largest absolute Gasteiger partial charge is 0.319 e. The van der Waals surface area contributed by atoms with Crippen LogP contribution in [0.4, 0.5) is 5.95 Å². The van der Waals surface area contributed by atoms with Crippen molar-refractivity contribution in [1.82, 2.24) is 15.2 Å². The Morgan fingerprint density at radius 2 is 1.79 bits per heavy atom. The molecule has 0 aliphatic heterocycles. The molecule has 1 rings (SSSR count). The molecule has 0 aromatic carbocycles. The monoisotopic (exact) mass is 265 g/mol. The molecule has 6 nitrogen and oxygen atoms in total. The number of anilines is 1. The van der Waals surface area contributed by atoms with E-state index in [0.717, 1.165) is 24.2 Å². The summed E-state index contributed by atoms with van der Waals surface area (Å²) in [4.78, 5) is 16.3. The maximum Gasteiger partial charge on any atom is 0.249 e. The molecule has 1 aromatic heterocycles. The van der Waals surface area contributed by atoms with E-state index < -0.39 is 6.04 Å². The Labute approximate surface area is 114 Å². The van der Waals surface area contributed by atoms with Gasteiger partial charge in [0.25, 0.3) is 0 Å². The minimum Gasteiger partial charge on any atom is -0.319 e. The second-order valence-corrected chi connectivity index (χ2v) is 5.57. The minimum atomic E-state index is -0.618. The molecule has 0 unspecified atom stereocenters. The molecule has 1 heterocycles. The van der Waals surface area contributed by atoms with E-state index in [2.05, 4.69) is 20.5 Å². The van der Waals surface area contributed by atoms with Crippen molar-refractivity contribution >= 4 is 11.9 Å². The average Bonchev–Trinajstić information content (AvgIpc) is 2.36. The van der Waals surface area contributed by atoms with E-state index in [-0.39, 0.29) is 17.3 Å². The van der Waals surface area contributed by atoms with Gasteiger partial charge in [-0.1, -0.05) is 34.6 Å². The first kappa shape index (κ1) is 15.5. The van der Waals surface area contributed by atoms with Crippen molar-refractivity contribution in [3.8, 4) is 0 Å². The Bertz CT molecular complexity index is 453. The molecular formula is C13H23N5O. The summed E-state index contributed by atoms with van der Waals surface area (Å²) in [5.74, 6) is -0.0700. The molecule has 106 valence electrons. The molecule has 19 heavy (non-hydrogen) atoms. The zero-order valence-electron chi connectivity index (χ0n) is 12.3. The molecule has 0 saturated carbocycles. The maximum atomic E-state index is 12.0. The van der Waals surface area contributed by atoms with Gasteiger partial charge in [0.15, 0.2) is 0 Å². The molecular weight excluding hydrogens is 242 g/mol. The normalized spacial score (nSPS) is 13.2. The third-order valence-corrected chi connectivity index (χ3v) is 2.96. The van der Waals surface area contributed by atoms with E-state index in [1.807, 2.05) is 34.6 Å². The molecule has 0 aliphatic rings. The molecule has 3 N–H and O–H groups in total. The molecule has 0 aliphatic carbocycles. The van der Waals surface area contributed by atoms with E-state index in [9.17, 15) is 4.79 Å². The smallest absolute Gasteiger partial charge is 0.249 e. The molecule has 0 spiro atoms. The third kappa shape index (κ3) is 3.96. The Morgan fingerprint density at radius 1 is 1.21 bits per heavy atom. The SMILES string of the molecule is CCc1nnc(NC(=O)[C@@H](N)C(C)(C)C)nc1CC. The lowest BCUT2D eigenvalue weighted by Gasteiger charge is -2.25. The van der Waals surface area contributed by atoms with Crippen molar-refractivity contribution < 1.29 is 4.79 Å². The summed E-state index contributed by atoms with van der Waals surface area (Å²) in [5, 5.41) is 10.6.